The number of hydrogen-bond donors (Lipinski definition) is 3. The fraction of sp³-hybridized carbons (Fsp3) is 0.308. The summed E-state index contributed by atoms with van der Waals surface area (Å²) in [6.07, 6.45) is 1.87. The van der Waals surface area contributed by atoms with Crippen molar-refractivity contribution in [1.82, 2.24) is 15.5 Å². The predicted octanol–water partition coefficient (Wildman–Crippen LogP) is 1.34. The van der Waals surface area contributed by atoms with Gasteiger partial charge in [-0.2, -0.15) is 0 Å². The van der Waals surface area contributed by atoms with E-state index in [9.17, 15) is 28.8 Å². The lowest BCUT2D eigenvalue weighted by atomic mass is 10.0. The summed E-state index contributed by atoms with van der Waals surface area (Å²) in [6.45, 7) is 2.20. The average molecular weight is 491 g/mol. The van der Waals surface area contributed by atoms with Crippen LogP contribution < -0.4 is 16.0 Å². The highest BCUT2D eigenvalue weighted by atomic mass is 16.2. The molecule has 36 heavy (non-hydrogen) atoms. The van der Waals surface area contributed by atoms with E-state index in [1.807, 2.05) is 19.1 Å². The minimum absolute atomic E-state index is 0.0594. The number of nitrogens with zero attached hydrogens (tertiary/aromatic N) is 1. The number of piperidine rings is 1. The molecule has 2 aromatic rings. The first-order valence-electron chi connectivity index (χ1n) is 11.8. The van der Waals surface area contributed by atoms with Gasteiger partial charge in [-0.15, -0.1) is 0 Å². The van der Waals surface area contributed by atoms with Crippen LogP contribution in [-0.4, -0.2) is 52.9 Å². The highest BCUT2D eigenvalue weighted by molar-refractivity contribution is 6.39. The SMILES string of the molecule is CCc1ccccc1NC(=O)C(=O)NCCCc1ccc2c(c1)C(=O)N(C1CCC(=O)NC1=O)C2=O. The summed E-state index contributed by atoms with van der Waals surface area (Å²) in [6, 6.07) is 11.1. The van der Waals surface area contributed by atoms with Gasteiger partial charge in [-0.05, 0) is 55.0 Å². The number of carbonyl (C=O) groups excluding carboxylic acids is 6. The lowest BCUT2D eigenvalue weighted by Gasteiger charge is -2.27. The molecule has 2 heterocycles. The molecule has 6 amide bonds. The van der Waals surface area contributed by atoms with Gasteiger partial charge in [-0.25, -0.2) is 0 Å². The van der Waals surface area contributed by atoms with Crippen molar-refractivity contribution >= 4 is 41.1 Å². The number of nitrogens with one attached hydrogen (secondary N) is 3. The number of anilines is 1. The molecule has 0 aromatic heterocycles. The maximum atomic E-state index is 12.9. The third-order valence-electron chi connectivity index (χ3n) is 6.28. The Morgan fingerprint density at radius 1 is 1.00 bits per heavy atom. The van der Waals surface area contributed by atoms with Crippen LogP contribution in [0.25, 0.3) is 0 Å². The second kappa shape index (κ2) is 10.5. The van der Waals surface area contributed by atoms with Crippen molar-refractivity contribution in [1.29, 1.82) is 0 Å². The molecule has 0 radical (unpaired) electrons. The lowest BCUT2D eigenvalue weighted by Crippen LogP contribution is -2.54. The van der Waals surface area contributed by atoms with E-state index in [-0.39, 0.29) is 30.5 Å². The molecule has 186 valence electrons. The lowest BCUT2D eigenvalue weighted by molar-refractivity contribution is -0.136. The number of carbonyl (C=O) groups is 6. The summed E-state index contributed by atoms with van der Waals surface area (Å²) in [7, 11) is 0. The number of imide groups is 2. The molecule has 0 spiro atoms. The van der Waals surface area contributed by atoms with E-state index >= 15 is 0 Å². The summed E-state index contributed by atoms with van der Waals surface area (Å²) in [5, 5.41) is 7.38. The van der Waals surface area contributed by atoms with Gasteiger partial charge in [0.1, 0.15) is 6.04 Å². The van der Waals surface area contributed by atoms with Gasteiger partial charge >= 0.3 is 11.8 Å². The van der Waals surface area contributed by atoms with E-state index < -0.39 is 41.5 Å². The van der Waals surface area contributed by atoms with Crippen LogP contribution >= 0.6 is 0 Å². The van der Waals surface area contributed by atoms with Crippen molar-refractivity contribution in [3.63, 3.8) is 0 Å². The molecule has 1 unspecified atom stereocenters. The fourth-order valence-electron chi connectivity index (χ4n) is 4.38. The smallest absolute Gasteiger partial charge is 0.313 e. The summed E-state index contributed by atoms with van der Waals surface area (Å²) >= 11 is 0. The molecular formula is C26H26N4O6. The van der Waals surface area contributed by atoms with Crippen molar-refractivity contribution < 1.29 is 28.8 Å². The Balaban J connectivity index is 1.30. The summed E-state index contributed by atoms with van der Waals surface area (Å²) in [5.74, 6) is -3.69. The third-order valence-corrected chi connectivity index (χ3v) is 6.28. The third kappa shape index (κ3) is 5.02. The molecule has 1 fully saturated rings. The first kappa shape index (κ1) is 24.8. The number of aryl methyl sites for hydroxylation is 2. The zero-order valence-electron chi connectivity index (χ0n) is 19.8. The van der Waals surface area contributed by atoms with Gasteiger partial charge in [0.25, 0.3) is 11.8 Å². The van der Waals surface area contributed by atoms with Gasteiger partial charge in [0.15, 0.2) is 0 Å². The van der Waals surface area contributed by atoms with Gasteiger partial charge < -0.3 is 10.6 Å². The molecule has 2 aliphatic rings. The molecular weight excluding hydrogens is 464 g/mol. The molecule has 2 aromatic carbocycles. The Morgan fingerprint density at radius 3 is 2.50 bits per heavy atom. The Hall–Kier alpha value is -4.34. The van der Waals surface area contributed by atoms with Crippen molar-refractivity contribution in [2.45, 2.75) is 45.1 Å². The summed E-state index contributed by atoms with van der Waals surface area (Å²) in [4.78, 5) is 74.5. The van der Waals surface area contributed by atoms with Crippen LogP contribution in [0.15, 0.2) is 42.5 Å². The first-order chi connectivity index (χ1) is 17.3. The van der Waals surface area contributed by atoms with Crippen LogP contribution in [0.2, 0.25) is 0 Å². The number of rotatable bonds is 7. The van der Waals surface area contributed by atoms with Crippen molar-refractivity contribution in [3.05, 3.63) is 64.7 Å². The van der Waals surface area contributed by atoms with Crippen molar-refractivity contribution in [2.75, 3.05) is 11.9 Å². The molecule has 4 rings (SSSR count). The van der Waals surface area contributed by atoms with Crippen molar-refractivity contribution in [2.24, 2.45) is 0 Å². The minimum Gasteiger partial charge on any atom is -0.348 e. The zero-order valence-corrected chi connectivity index (χ0v) is 19.8. The second-order valence-electron chi connectivity index (χ2n) is 8.65. The van der Waals surface area contributed by atoms with Gasteiger partial charge in [0.05, 0.1) is 11.1 Å². The van der Waals surface area contributed by atoms with Gasteiger partial charge in [-0.1, -0.05) is 31.2 Å². The molecule has 0 saturated carbocycles. The number of benzene rings is 2. The summed E-state index contributed by atoms with van der Waals surface area (Å²) in [5.41, 5.74) is 2.73. The second-order valence-corrected chi connectivity index (χ2v) is 8.65. The highest BCUT2D eigenvalue weighted by Crippen LogP contribution is 2.28. The van der Waals surface area contributed by atoms with Crippen molar-refractivity contribution in [3.8, 4) is 0 Å². The van der Waals surface area contributed by atoms with Crippen LogP contribution in [0.1, 0.15) is 58.0 Å². The highest BCUT2D eigenvalue weighted by Gasteiger charge is 2.44. The molecule has 3 N–H and O–H groups in total. The fourth-order valence-corrected chi connectivity index (χ4v) is 4.38. The van der Waals surface area contributed by atoms with Crippen LogP contribution in [-0.2, 0) is 32.0 Å². The van der Waals surface area contributed by atoms with Gasteiger partial charge in [0, 0.05) is 18.7 Å². The Bertz CT molecular complexity index is 1270. The average Bonchev–Trinajstić information content (AvgIpc) is 3.11. The minimum atomic E-state index is -1.01. The van der Waals surface area contributed by atoms with E-state index in [2.05, 4.69) is 16.0 Å². The van der Waals surface area contributed by atoms with Crippen LogP contribution in [0.3, 0.4) is 0 Å². The van der Waals surface area contributed by atoms with E-state index in [4.69, 9.17) is 0 Å². The monoisotopic (exact) mass is 490 g/mol. The maximum absolute atomic E-state index is 12.9. The summed E-state index contributed by atoms with van der Waals surface area (Å²) < 4.78 is 0. The predicted molar refractivity (Wildman–Crippen MR) is 129 cm³/mol. The molecule has 10 nitrogen and oxygen atoms in total. The van der Waals surface area contributed by atoms with Gasteiger partial charge in [0.2, 0.25) is 11.8 Å². The van der Waals surface area contributed by atoms with E-state index in [1.165, 1.54) is 0 Å². The normalized spacial score (nSPS) is 17.0. The maximum Gasteiger partial charge on any atom is 0.313 e. The van der Waals surface area contributed by atoms with Crippen LogP contribution in [0.4, 0.5) is 5.69 Å². The Morgan fingerprint density at radius 2 is 1.75 bits per heavy atom. The van der Waals surface area contributed by atoms with E-state index in [0.29, 0.717) is 18.5 Å². The van der Waals surface area contributed by atoms with E-state index in [0.717, 1.165) is 22.4 Å². The zero-order chi connectivity index (χ0) is 25.8. The van der Waals surface area contributed by atoms with E-state index in [1.54, 1.807) is 30.3 Å². The molecule has 0 bridgehead atoms. The molecule has 2 aliphatic heterocycles. The Labute approximate surface area is 207 Å². The molecule has 1 saturated heterocycles. The number of hydrogen-bond acceptors (Lipinski definition) is 6. The quantitative estimate of drug-likeness (QED) is 0.304. The number of para-hydroxylation sites is 1. The standard InChI is InChI=1S/C26H26N4O6/c1-2-16-7-3-4-8-19(16)28-24(34)23(33)27-13-5-6-15-9-10-17-18(14-15)26(36)30(25(17)35)20-11-12-21(31)29-22(20)32/h3-4,7-10,14,20H,2,5-6,11-13H2,1H3,(H,27,33)(H,28,34)(H,29,31,32). The molecule has 0 aliphatic carbocycles. The molecule has 1 atom stereocenters. The number of amides is 6. The largest absolute Gasteiger partial charge is 0.348 e. The van der Waals surface area contributed by atoms with Gasteiger partial charge in [-0.3, -0.25) is 39.0 Å². The first-order valence-corrected chi connectivity index (χ1v) is 11.8. The topological polar surface area (TPSA) is 142 Å². The van der Waals surface area contributed by atoms with Crippen LogP contribution in [0, 0.1) is 0 Å². The van der Waals surface area contributed by atoms with Crippen LogP contribution in [0.5, 0.6) is 0 Å². The number of fused-ring (bicyclic) bond motifs is 1. The molecule has 10 heteroatoms. The Kier molecular flexibility index (Phi) is 7.23.